The number of hydrogen-bond acceptors (Lipinski definition) is 8. The number of nitrogens with one attached hydrogen (secondary N) is 1. The second-order valence-electron chi connectivity index (χ2n) is 4.88. The van der Waals surface area contributed by atoms with Gasteiger partial charge in [-0.25, -0.2) is 9.97 Å². The molecule has 0 atom stereocenters. The second kappa shape index (κ2) is 7.58. The standard InChI is InChI=1S/C15H12BrN5O3S/c16-9-3-11-12(24-2-1-23-11)4-10(9)20-13(22)7-25-15-19-6-8(5-17)14(18)21-15/h3-4,6H,1-2,7H2,(H,20,22)(H2,18,19,21). The van der Waals surface area contributed by atoms with Crippen molar-refractivity contribution in [3.05, 3.63) is 28.4 Å². The maximum Gasteiger partial charge on any atom is 0.234 e. The summed E-state index contributed by atoms with van der Waals surface area (Å²) < 4.78 is 11.7. The minimum absolute atomic E-state index is 0.0895. The van der Waals surface area contributed by atoms with Gasteiger partial charge in [-0.15, -0.1) is 0 Å². The summed E-state index contributed by atoms with van der Waals surface area (Å²) in [5.41, 5.74) is 6.41. The smallest absolute Gasteiger partial charge is 0.234 e. The molecule has 0 bridgehead atoms. The predicted octanol–water partition coefficient (Wildman–Crippen LogP) is 2.19. The zero-order valence-corrected chi connectivity index (χ0v) is 15.2. The van der Waals surface area contributed by atoms with Crippen LogP contribution in [0.3, 0.4) is 0 Å². The van der Waals surface area contributed by atoms with Crippen molar-refractivity contribution in [2.24, 2.45) is 0 Å². The molecular formula is C15H12BrN5O3S. The van der Waals surface area contributed by atoms with Gasteiger partial charge in [0.25, 0.3) is 0 Å². The summed E-state index contributed by atoms with van der Waals surface area (Å²) in [5.74, 6) is 1.16. The van der Waals surface area contributed by atoms with Crippen LogP contribution in [0.25, 0.3) is 0 Å². The number of anilines is 2. The molecule has 8 nitrogen and oxygen atoms in total. The van der Waals surface area contributed by atoms with Crippen LogP contribution in [0.15, 0.2) is 28.0 Å². The van der Waals surface area contributed by atoms with Crippen molar-refractivity contribution in [3.8, 4) is 17.6 Å². The number of halogens is 1. The van der Waals surface area contributed by atoms with Gasteiger partial charge in [-0.3, -0.25) is 4.79 Å². The molecule has 10 heteroatoms. The lowest BCUT2D eigenvalue weighted by atomic mass is 10.2. The molecule has 1 aromatic heterocycles. The van der Waals surface area contributed by atoms with Gasteiger partial charge in [0.15, 0.2) is 16.7 Å². The van der Waals surface area contributed by atoms with Gasteiger partial charge in [0.1, 0.15) is 30.7 Å². The molecule has 2 aromatic rings. The van der Waals surface area contributed by atoms with Crippen molar-refractivity contribution in [2.45, 2.75) is 5.16 Å². The highest BCUT2D eigenvalue weighted by atomic mass is 79.9. The molecular weight excluding hydrogens is 410 g/mol. The van der Waals surface area contributed by atoms with Gasteiger partial charge in [-0.2, -0.15) is 5.26 Å². The Morgan fingerprint density at radius 3 is 2.80 bits per heavy atom. The second-order valence-corrected chi connectivity index (χ2v) is 6.67. The SMILES string of the molecule is N#Cc1cnc(SCC(=O)Nc2cc3c(cc2Br)OCCO3)nc1N. The van der Waals surface area contributed by atoms with Gasteiger partial charge in [0, 0.05) is 16.6 Å². The lowest BCUT2D eigenvalue weighted by Gasteiger charge is -2.20. The summed E-state index contributed by atoms with van der Waals surface area (Å²) in [5, 5.41) is 11.9. The Morgan fingerprint density at radius 2 is 2.12 bits per heavy atom. The quantitative estimate of drug-likeness (QED) is 0.568. The topological polar surface area (TPSA) is 123 Å². The van der Waals surface area contributed by atoms with E-state index in [1.165, 1.54) is 6.20 Å². The Morgan fingerprint density at radius 1 is 1.40 bits per heavy atom. The van der Waals surface area contributed by atoms with Gasteiger partial charge < -0.3 is 20.5 Å². The summed E-state index contributed by atoms with van der Waals surface area (Å²) in [6.45, 7) is 0.963. The highest BCUT2D eigenvalue weighted by molar-refractivity contribution is 9.10. The Labute approximate surface area is 155 Å². The van der Waals surface area contributed by atoms with E-state index < -0.39 is 0 Å². The van der Waals surface area contributed by atoms with Gasteiger partial charge in [0.2, 0.25) is 5.91 Å². The summed E-state index contributed by atoms with van der Waals surface area (Å²) in [7, 11) is 0. The van der Waals surface area contributed by atoms with E-state index in [-0.39, 0.29) is 23.0 Å². The van der Waals surface area contributed by atoms with Gasteiger partial charge >= 0.3 is 0 Å². The monoisotopic (exact) mass is 421 g/mol. The molecule has 128 valence electrons. The molecule has 0 saturated heterocycles. The Bertz CT molecular complexity index is 871. The first-order valence-electron chi connectivity index (χ1n) is 7.11. The number of nitriles is 1. The van der Waals surface area contributed by atoms with Gasteiger partial charge in [-0.05, 0) is 15.9 Å². The average Bonchev–Trinajstić information content (AvgIpc) is 2.61. The van der Waals surface area contributed by atoms with Crippen molar-refractivity contribution in [3.63, 3.8) is 0 Å². The molecule has 1 aliphatic rings. The molecule has 25 heavy (non-hydrogen) atoms. The number of carbonyl (C=O) groups excluding carboxylic acids is 1. The zero-order valence-electron chi connectivity index (χ0n) is 12.8. The Balaban J connectivity index is 1.63. The molecule has 0 aliphatic carbocycles. The lowest BCUT2D eigenvalue weighted by molar-refractivity contribution is -0.113. The minimum atomic E-state index is -0.242. The van der Waals surface area contributed by atoms with Crippen LogP contribution in [0.5, 0.6) is 11.5 Å². The average molecular weight is 422 g/mol. The number of rotatable bonds is 4. The number of ether oxygens (including phenoxy) is 2. The third kappa shape index (κ3) is 4.12. The first kappa shape index (κ1) is 17.3. The number of fused-ring (bicyclic) bond motifs is 1. The summed E-state index contributed by atoms with van der Waals surface area (Å²) >= 11 is 4.52. The predicted molar refractivity (Wildman–Crippen MR) is 95.6 cm³/mol. The van der Waals surface area contributed by atoms with E-state index in [2.05, 4.69) is 31.2 Å². The van der Waals surface area contributed by atoms with Crippen LogP contribution in [0.1, 0.15) is 5.56 Å². The summed E-state index contributed by atoms with van der Waals surface area (Å²) in [6, 6.07) is 5.34. The normalized spacial score (nSPS) is 12.3. The molecule has 3 N–H and O–H groups in total. The molecule has 0 spiro atoms. The number of amides is 1. The van der Waals surface area contributed by atoms with Crippen molar-refractivity contribution in [1.82, 2.24) is 9.97 Å². The van der Waals surface area contributed by atoms with E-state index in [0.717, 1.165) is 11.8 Å². The molecule has 1 aromatic carbocycles. The fourth-order valence-corrected chi connectivity index (χ4v) is 3.05. The maximum atomic E-state index is 12.2. The van der Waals surface area contributed by atoms with Crippen molar-refractivity contribution in [1.29, 1.82) is 5.26 Å². The van der Waals surface area contributed by atoms with E-state index >= 15 is 0 Å². The van der Waals surface area contributed by atoms with Crippen LogP contribution >= 0.6 is 27.7 Å². The molecule has 0 saturated carbocycles. The summed E-state index contributed by atoms with van der Waals surface area (Å²) in [6.07, 6.45) is 1.33. The minimum Gasteiger partial charge on any atom is -0.486 e. The van der Waals surface area contributed by atoms with Crippen LogP contribution in [0, 0.1) is 11.3 Å². The van der Waals surface area contributed by atoms with E-state index in [1.54, 1.807) is 12.1 Å². The molecule has 3 rings (SSSR count). The fraction of sp³-hybridized carbons (Fsp3) is 0.200. The third-order valence-corrected chi connectivity index (χ3v) is 4.67. The van der Waals surface area contributed by atoms with Crippen LogP contribution in [0.2, 0.25) is 0 Å². The van der Waals surface area contributed by atoms with Crippen molar-refractivity contribution < 1.29 is 14.3 Å². The van der Waals surface area contributed by atoms with E-state index in [4.69, 9.17) is 20.5 Å². The number of thioether (sulfide) groups is 1. The van der Waals surface area contributed by atoms with Crippen molar-refractivity contribution >= 4 is 45.1 Å². The Hall–Kier alpha value is -2.51. The first-order valence-corrected chi connectivity index (χ1v) is 8.89. The molecule has 0 radical (unpaired) electrons. The number of carbonyl (C=O) groups is 1. The van der Waals surface area contributed by atoms with Gasteiger partial charge in [-0.1, -0.05) is 11.8 Å². The number of benzene rings is 1. The lowest BCUT2D eigenvalue weighted by Crippen LogP contribution is -2.17. The number of hydrogen-bond donors (Lipinski definition) is 2. The molecule has 0 fully saturated rings. The van der Waals surface area contributed by atoms with Crippen LogP contribution in [-0.4, -0.2) is 34.8 Å². The molecule has 1 aliphatic heterocycles. The molecule has 1 amide bonds. The fourth-order valence-electron chi connectivity index (χ4n) is 2.01. The zero-order chi connectivity index (χ0) is 17.8. The maximum absolute atomic E-state index is 12.2. The molecule has 2 heterocycles. The van der Waals surface area contributed by atoms with Crippen LogP contribution in [-0.2, 0) is 4.79 Å². The number of aromatic nitrogens is 2. The van der Waals surface area contributed by atoms with Crippen LogP contribution < -0.4 is 20.5 Å². The third-order valence-electron chi connectivity index (χ3n) is 3.15. The highest BCUT2D eigenvalue weighted by Crippen LogP contribution is 2.38. The highest BCUT2D eigenvalue weighted by Gasteiger charge is 2.16. The van der Waals surface area contributed by atoms with Gasteiger partial charge in [0.05, 0.1) is 17.6 Å². The van der Waals surface area contributed by atoms with Crippen LogP contribution in [0.4, 0.5) is 11.5 Å². The largest absolute Gasteiger partial charge is 0.486 e. The molecule has 0 unspecified atom stereocenters. The Kier molecular flexibility index (Phi) is 5.25. The van der Waals surface area contributed by atoms with E-state index in [1.807, 2.05) is 6.07 Å². The number of nitrogen functional groups attached to an aromatic ring is 1. The summed E-state index contributed by atoms with van der Waals surface area (Å²) in [4.78, 5) is 20.1. The van der Waals surface area contributed by atoms with Crippen molar-refractivity contribution in [2.75, 3.05) is 30.0 Å². The van der Waals surface area contributed by atoms with E-state index in [0.29, 0.717) is 40.0 Å². The first-order chi connectivity index (χ1) is 12.1. The number of nitrogens with zero attached hydrogens (tertiary/aromatic N) is 3. The van der Waals surface area contributed by atoms with E-state index in [9.17, 15) is 4.79 Å². The number of nitrogens with two attached hydrogens (primary N) is 1.